The van der Waals surface area contributed by atoms with Gasteiger partial charge in [0.2, 0.25) is 0 Å². The zero-order valence-corrected chi connectivity index (χ0v) is 26.0. The van der Waals surface area contributed by atoms with Crippen LogP contribution in [0.4, 0.5) is 0 Å². The van der Waals surface area contributed by atoms with Crippen LogP contribution in [-0.2, 0) is 9.53 Å². The van der Waals surface area contributed by atoms with Crippen molar-refractivity contribution in [3.8, 4) is 0 Å². The van der Waals surface area contributed by atoms with Crippen molar-refractivity contribution < 1.29 is 14.6 Å². The Balaban J connectivity index is 3.41. The first kappa shape index (κ1) is 37.4. The molecule has 0 amide bonds. The average Bonchev–Trinajstić information content (AvgIpc) is 2.92. The fourth-order valence-electron chi connectivity index (χ4n) is 5.24. The number of nitrogens with two attached hydrogens (primary N) is 1. The molecule has 0 rings (SSSR count). The number of aliphatic hydroxyl groups excluding tert-OH is 1. The number of carbonyl (C=O) groups excluding carboxylic acids is 1. The van der Waals surface area contributed by atoms with Crippen LogP contribution in [0.25, 0.3) is 0 Å². The maximum absolute atomic E-state index is 12.0. The summed E-state index contributed by atoms with van der Waals surface area (Å²) in [5, 5.41) is 10.3. The molecule has 2 atom stereocenters. The molecule has 0 aliphatic rings. The lowest BCUT2D eigenvalue weighted by Gasteiger charge is -2.18. The van der Waals surface area contributed by atoms with Gasteiger partial charge in [0.05, 0.1) is 12.1 Å². The quantitative estimate of drug-likeness (QED) is 0.0679. The highest BCUT2D eigenvalue weighted by Crippen LogP contribution is 2.15. The summed E-state index contributed by atoms with van der Waals surface area (Å²) in [6.45, 7) is 4.68. The predicted molar refractivity (Wildman–Crippen MR) is 166 cm³/mol. The van der Waals surface area contributed by atoms with Crippen LogP contribution in [0.3, 0.4) is 0 Å². The van der Waals surface area contributed by atoms with Crippen molar-refractivity contribution in [2.24, 2.45) is 5.73 Å². The zero-order chi connectivity index (χ0) is 27.9. The summed E-state index contributed by atoms with van der Waals surface area (Å²) in [4.78, 5) is 12.0. The van der Waals surface area contributed by atoms with Crippen molar-refractivity contribution in [3.05, 3.63) is 0 Å². The third-order valence-corrected chi connectivity index (χ3v) is 8.02. The Labute approximate surface area is 238 Å². The predicted octanol–water partition coefficient (Wildman–Crippen LogP) is 10.2. The minimum Gasteiger partial charge on any atom is -0.464 e. The lowest BCUT2D eigenvalue weighted by atomic mass is 10.0. The van der Waals surface area contributed by atoms with Gasteiger partial charge in [-0.2, -0.15) is 0 Å². The zero-order valence-electron chi connectivity index (χ0n) is 26.0. The number of rotatable bonds is 31. The van der Waals surface area contributed by atoms with E-state index in [1.165, 1.54) is 141 Å². The first-order valence-corrected chi connectivity index (χ1v) is 17.2. The molecule has 0 heterocycles. The highest BCUT2D eigenvalue weighted by molar-refractivity contribution is 5.69. The molecule has 0 spiro atoms. The summed E-state index contributed by atoms with van der Waals surface area (Å²) in [5.41, 5.74) is 6.06. The molecule has 228 valence electrons. The van der Waals surface area contributed by atoms with Crippen molar-refractivity contribution in [3.63, 3.8) is 0 Å². The van der Waals surface area contributed by atoms with Gasteiger partial charge in [-0.3, -0.25) is 4.79 Å². The minimum atomic E-state index is -0.577. The SMILES string of the molecule is CCCCCCCCCCCCCCCC(=O)OCC(N)C(O)CCCCCCCCCCCCCCC. The first-order valence-electron chi connectivity index (χ1n) is 17.2. The van der Waals surface area contributed by atoms with E-state index in [-0.39, 0.29) is 12.6 Å². The normalized spacial score (nSPS) is 13.1. The van der Waals surface area contributed by atoms with E-state index in [1.54, 1.807) is 0 Å². The molecule has 2 unspecified atom stereocenters. The van der Waals surface area contributed by atoms with Gasteiger partial charge in [0.1, 0.15) is 6.61 Å². The molecule has 4 heteroatoms. The second kappa shape index (κ2) is 30.9. The molecule has 0 aromatic carbocycles. The molecular weight excluding hydrogens is 470 g/mol. The van der Waals surface area contributed by atoms with Gasteiger partial charge in [0.15, 0.2) is 0 Å². The molecule has 0 saturated heterocycles. The molecular formula is C34H69NO3. The molecule has 0 aromatic heterocycles. The van der Waals surface area contributed by atoms with Gasteiger partial charge in [0.25, 0.3) is 0 Å². The standard InChI is InChI=1S/C34H69NO3/c1-3-5-7-9-11-13-15-17-19-21-23-25-27-29-33(36)32(35)31-38-34(37)30-28-26-24-22-20-18-16-14-12-10-8-6-4-2/h32-33,36H,3-31,35H2,1-2H3. The summed E-state index contributed by atoms with van der Waals surface area (Å²) < 4.78 is 5.33. The second-order valence-electron chi connectivity index (χ2n) is 11.9. The van der Waals surface area contributed by atoms with Gasteiger partial charge in [-0.15, -0.1) is 0 Å². The largest absolute Gasteiger partial charge is 0.464 e. The lowest BCUT2D eigenvalue weighted by Crippen LogP contribution is -2.39. The molecule has 3 N–H and O–H groups in total. The molecule has 0 bridgehead atoms. The molecule has 4 nitrogen and oxygen atoms in total. The van der Waals surface area contributed by atoms with Crippen molar-refractivity contribution in [1.29, 1.82) is 0 Å². The topological polar surface area (TPSA) is 72.5 Å². The van der Waals surface area contributed by atoms with Gasteiger partial charge in [-0.05, 0) is 12.8 Å². The van der Waals surface area contributed by atoms with Gasteiger partial charge in [-0.1, -0.05) is 174 Å². The van der Waals surface area contributed by atoms with E-state index in [0.717, 1.165) is 25.7 Å². The van der Waals surface area contributed by atoms with Gasteiger partial charge in [0, 0.05) is 6.42 Å². The Bertz CT molecular complexity index is 471. The Morgan fingerprint density at radius 1 is 0.553 bits per heavy atom. The third kappa shape index (κ3) is 28.4. The second-order valence-corrected chi connectivity index (χ2v) is 11.9. The average molecular weight is 540 g/mol. The highest BCUT2D eigenvalue weighted by Gasteiger charge is 2.16. The van der Waals surface area contributed by atoms with Crippen LogP contribution < -0.4 is 5.73 Å². The summed E-state index contributed by atoms with van der Waals surface area (Å²) in [6.07, 6.45) is 34.6. The Hall–Kier alpha value is -0.610. The van der Waals surface area contributed by atoms with Crippen LogP contribution in [0.15, 0.2) is 0 Å². The van der Waals surface area contributed by atoms with E-state index in [4.69, 9.17) is 10.5 Å². The van der Waals surface area contributed by atoms with Crippen LogP contribution in [0.5, 0.6) is 0 Å². The van der Waals surface area contributed by atoms with Crippen LogP contribution in [-0.4, -0.2) is 29.8 Å². The fraction of sp³-hybridized carbons (Fsp3) is 0.971. The number of hydrogen-bond acceptors (Lipinski definition) is 4. The Kier molecular flexibility index (Phi) is 30.4. The third-order valence-electron chi connectivity index (χ3n) is 8.02. The van der Waals surface area contributed by atoms with E-state index in [2.05, 4.69) is 13.8 Å². The number of ether oxygens (including phenoxy) is 1. The molecule has 0 saturated carbocycles. The van der Waals surface area contributed by atoms with Crippen molar-refractivity contribution in [2.75, 3.05) is 6.61 Å². The van der Waals surface area contributed by atoms with Crippen molar-refractivity contribution >= 4 is 5.97 Å². The van der Waals surface area contributed by atoms with Crippen LogP contribution >= 0.6 is 0 Å². The van der Waals surface area contributed by atoms with Gasteiger partial charge in [-0.25, -0.2) is 0 Å². The molecule has 0 radical (unpaired) electrons. The van der Waals surface area contributed by atoms with Gasteiger partial charge >= 0.3 is 5.97 Å². The molecule has 38 heavy (non-hydrogen) atoms. The molecule has 0 fully saturated rings. The monoisotopic (exact) mass is 540 g/mol. The van der Waals surface area contributed by atoms with E-state index in [0.29, 0.717) is 12.8 Å². The number of unbranched alkanes of at least 4 members (excludes halogenated alkanes) is 24. The van der Waals surface area contributed by atoms with Crippen molar-refractivity contribution in [1.82, 2.24) is 0 Å². The van der Waals surface area contributed by atoms with Crippen LogP contribution in [0.2, 0.25) is 0 Å². The molecule has 0 aliphatic carbocycles. The Morgan fingerprint density at radius 3 is 1.24 bits per heavy atom. The van der Waals surface area contributed by atoms with E-state index < -0.39 is 12.1 Å². The molecule has 0 aliphatic heterocycles. The minimum absolute atomic E-state index is 0.136. The van der Waals surface area contributed by atoms with E-state index in [9.17, 15) is 9.90 Å². The first-order chi connectivity index (χ1) is 18.6. The maximum Gasteiger partial charge on any atom is 0.305 e. The maximum atomic E-state index is 12.0. The smallest absolute Gasteiger partial charge is 0.305 e. The van der Waals surface area contributed by atoms with Crippen LogP contribution in [0.1, 0.15) is 194 Å². The summed E-state index contributed by atoms with van der Waals surface area (Å²) in [5.74, 6) is -0.170. The lowest BCUT2D eigenvalue weighted by molar-refractivity contribution is -0.145. The van der Waals surface area contributed by atoms with Crippen molar-refractivity contribution in [2.45, 2.75) is 206 Å². The summed E-state index contributed by atoms with van der Waals surface area (Å²) in [6, 6.07) is -0.470. The van der Waals surface area contributed by atoms with Gasteiger partial charge < -0.3 is 15.6 Å². The molecule has 0 aromatic rings. The number of esters is 1. The van der Waals surface area contributed by atoms with Crippen LogP contribution in [0, 0.1) is 0 Å². The van der Waals surface area contributed by atoms with E-state index >= 15 is 0 Å². The summed E-state index contributed by atoms with van der Waals surface area (Å²) >= 11 is 0. The fourth-order valence-corrected chi connectivity index (χ4v) is 5.24. The number of hydrogen-bond donors (Lipinski definition) is 2. The number of aliphatic hydroxyl groups is 1. The Morgan fingerprint density at radius 2 is 0.868 bits per heavy atom. The highest BCUT2D eigenvalue weighted by atomic mass is 16.5. The van der Waals surface area contributed by atoms with E-state index in [1.807, 2.05) is 0 Å². The summed E-state index contributed by atoms with van der Waals surface area (Å²) in [7, 11) is 0. The number of carbonyl (C=O) groups is 1.